The summed E-state index contributed by atoms with van der Waals surface area (Å²) in [4.78, 5) is 44.0. The van der Waals surface area contributed by atoms with Crippen LogP contribution in [0, 0.1) is 0 Å². The zero-order valence-corrected chi connectivity index (χ0v) is 16.0. The number of para-hydroxylation sites is 2. The van der Waals surface area contributed by atoms with Gasteiger partial charge in [0.25, 0.3) is 0 Å². The van der Waals surface area contributed by atoms with E-state index >= 15 is 0 Å². The Bertz CT molecular complexity index is 856. The Hall–Kier alpha value is -3.76. The largest absolute Gasteiger partial charge is 0.480 e. The molecule has 0 aliphatic carbocycles. The summed E-state index contributed by atoms with van der Waals surface area (Å²) in [5.41, 5.74) is 22.9. The summed E-state index contributed by atoms with van der Waals surface area (Å²) in [5, 5.41) is 17.1. The Morgan fingerprint density at radius 1 is 0.667 bits per heavy atom. The Morgan fingerprint density at radius 3 is 1.23 bits per heavy atom. The third kappa shape index (κ3) is 7.34. The molecular weight excluding hydrogens is 392 g/mol. The smallest absolute Gasteiger partial charge is 0.320 e. The number of benzene rings is 2. The number of rotatable bonds is 8. The number of carbonyl (C=O) groups is 4. The zero-order chi connectivity index (χ0) is 22.8. The number of Topliss-reactive ketones (excluding diaryl/α,β-unsaturated/α-hetero) is 2. The number of carboxylic acid groups (broad SMARTS) is 2. The molecule has 0 saturated heterocycles. The average Bonchev–Trinajstić information content (AvgIpc) is 2.68. The highest BCUT2D eigenvalue weighted by Crippen LogP contribution is 2.14. The number of nitrogens with two attached hydrogens (primary N) is 4. The maximum absolute atomic E-state index is 11.6. The van der Waals surface area contributed by atoms with Crippen LogP contribution in [0.4, 0.5) is 11.4 Å². The second-order valence-electron chi connectivity index (χ2n) is 6.32. The van der Waals surface area contributed by atoms with Gasteiger partial charge in [-0.25, -0.2) is 0 Å². The summed E-state index contributed by atoms with van der Waals surface area (Å²) in [6, 6.07) is 10.6. The van der Waals surface area contributed by atoms with Gasteiger partial charge < -0.3 is 33.1 Å². The van der Waals surface area contributed by atoms with E-state index in [0.29, 0.717) is 22.5 Å². The molecule has 2 atom stereocenters. The van der Waals surface area contributed by atoms with Crippen molar-refractivity contribution in [3.05, 3.63) is 59.7 Å². The van der Waals surface area contributed by atoms with Gasteiger partial charge in [-0.15, -0.1) is 0 Å². The lowest BCUT2D eigenvalue weighted by molar-refractivity contribution is -0.139. The van der Waals surface area contributed by atoms with Crippen molar-refractivity contribution < 1.29 is 29.4 Å². The lowest BCUT2D eigenvalue weighted by Crippen LogP contribution is -2.32. The number of carbonyl (C=O) groups excluding carboxylic acids is 2. The molecule has 0 radical (unpaired) electrons. The third-order valence-electron chi connectivity index (χ3n) is 3.97. The van der Waals surface area contributed by atoms with E-state index in [2.05, 4.69) is 0 Å². The Balaban J connectivity index is 0.000000300. The van der Waals surface area contributed by atoms with E-state index in [9.17, 15) is 19.2 Å². The van der Waals surface area contributed by atoms with Gasteiger partial charge in [0.1, 0.15) is 12.1 Å². The molecule has 10 nitrogen and oxygen atoms in total. The van der Waals surface area contributed by atoms with Gasteiger partial charge in [-0.1, -0.05) is 24.3 Å². The zero-order valence-electron chi connectivity index (χ0n) is 16.0. The monoisotopic (exact) mass is 416 g/mol. The molecule has 0 aromatic heterocycles. The molecule has 1 unspecified atom stereocenters. The van der Waals surface area contributed by atoms with Crippen LogP contribution in [0.2, 0.25) is 0 Å². The van der Waals surface area contributed by atoms with E-state index in [4.69, 9.17) is 33.1 Å². The van der Waals surface area contributed by atoms with E-state index < -0.39 is 24.0 Å². The minimum Gasteiger partial charge on any atom is -0.480 e. The summed E-state index contributed by atoms with van der Waals surface area (Å²) < 4.78 is 0. The number of anilines is 2. The van der Waals surface area contributed by atoms with Crippen LogP contribution in [-0.4, -0.2) is 45.8 Å². The van der Waals surface area contributed by atoms with Gasteiger partial charge in [-0.05, 0) is 24.3 Å². The van der Waals surface area contributed by atoms with Crippen LogP contribution in [0.1, 0.15) is 33.6 Å². The van der Waals surface area contributed by atoms with Crippen molar-refractivity contribution in [3.63, 3.8) is 0 Å². The van der Waals surface area contributed by atoms with Crippen molar-refractivity contribution in [2.45, 2.75) is 24.9 Å². The van der Waals surface area contributed by atoms with E-state index in [1.54, 1.807) is 48.5 Å². The summed E-state index contributed by atoms with van der Waals surface area (Å²) >= 11 is 0. The van der Waals surface area contributed by atoms with Crippen LogP contribution in [0.3, 0.4) is 0 Å². The molecule has 0 spiro atoms. The van der Waals surface area contributed by atoms with E-state index in [0.717, 1.165) is 0 Å². The molecule has 0 saturated carbocycles. The van der Waals surface area contributed by atoms with Crippen LogP contribution in [0.25, 0.3) is 0 Å². The molecule has 0 fully saturated rings. The van der Waals surface area contributed by atoms with Gasteiger partial charge in [0.2, 0.25) is 0 Å². The quantitative estimate of drug-likeness (QED) is 0.259. The lowest BCUT2D eigenvalue weighted by atomic mass is 10.0. The van der Waals surface area contributed by atoms with E-state index in [-0.39, 0.29) is 24.4 Å². The number of hydrogen-bond acceptors (Lipinski definition) is 8. The first-order valence-corrected chi connectivity index (χ1v) is 8.76. The highest BCUT2D eigenvalue weighted by molar-refractivity contribution is 6.03. The molecule has 0 aliphatic heterocycles. The Morgan fingerprint density at radius 2 is 0.967 bits per heavy atom. The van der Waals surface area contributed by atoms with Gasteiger partial charge in [-0.2, -0.15) is 0 Å². The first-order chi connectivity index (χ1) is 14.0. The summed E-state index contributed by atoms with van der Waals surface area (Å²) in [7, 11) is 0. The maximum Gasteiger partial charge on any atom is 0.320 e. The molecule has 10 N–H and O–H groups in total. The minimum absolute atomic E-state index is 0.246. The van der Waals surface area contributed by atoms with Crippen LogP contribution in [-0.2, 0) is 9.59 Å². The van der Waals surface area contributed by atoms with Crippen molar-refractivity contribution in [2.75, 3.05) is 11.5 Å². The minimum atomic E-state index is -1.20. The van der Waals surface area contributed by atoms with Gasteiger partial charge in [0.05, 0.1) is 0 Å². The lowest BCUT2D eigenvalue weighted by Gasteiger charge is -2.07. The highest BCUT2D eigenvalue weighted by atomic mass is 16.4. The topological polar surface area (TPSA) is 213 Å². The predicted octanol–water partition coefficient (Wildman–Crippen LogP) is 0.507. The SMILES string of the molecule is Nc1ccccc1C(=O)CC(N)C(=O)O.Nc1ccccc1C(=O)C[C@H](N)C(=O)O. The van der Waals surface area contributed by atoms with Crippen molar-refractivity contribution in [1.29, 1.82) is 0 Å². The van der Waals surface area contributed by atoms with Crippen molar-refractivity contribution in [3.8, 4) is 0 Å². The summed E-state index contributed by atoms with van der Waals surface area (Å²) in [6.45, 7) is 0. The van der Waals surface area contributed by atoms with Gasteiger partial charge in [0, 0.05) is 35.3 Å². The van der Waals surface area contributed by atoms with Crippen molar-refractivity contribution >= 4 is 34.9 Å². The first-order valence-electron chi connectivity index (χ1n) is 8.76. The molecular formula is C20H24N4O6. The maximum atomic E-state index is 11.6. The molecule has 0 amide bonds. The summed E-state index contributed by atoms with van der Waals surface area (Å²) in [5.74, 6) is -3.11. The van der Waals surface area contributed by atoms with Crippen LogP contribution < -0.4 is 22.9 Å². The molecule has 2 aromatic rings. The van der Waals surface area contributed by atoms with Gasteiger partial charge >= 0.3 is 11.9 Å². The Kier molecular flexibility index (Phi) is 9.14. The average molecular weight is 416 g/mol. The number of carboxylic acids is 2. The predicted molar refractivity (Wildman–Crippen MR) is 111 cm³/mol. The normalized spacial score (nSPS) is 12.1. The number of aliphatic carboxylic acids is 2. The second kappa shape index (κ2) is 11.3. The van der Waals surface area contributed by atoms with Crippen LogP contribution in [0.5, 0.6) is 0 Å². The molecule has 2 rings (SSSR count). The molecule has 0 aliphatic rings. The number of nitrogen functional groups attached to an aromatic ring is 2. The molecule has 10 heteroatoms. The van der Waals surface area contributed by atoms with Crippen LogP contribution in [0.15, 0.2) is 48.5 Å². The molecule has 160 valence electrons. The highest BCUT2D eigenvalue weighted by Gasteiger charge is 2.19. The van der Waals surface area contributed by atoms with Gasteiger partial charge in [-0.3, -0.25) is 19.2 Å². The molecule has 2 aromatic carbocycles. The Labute approximate surface area is 172 Å². The first kappa shape index (κ1) is 24.3. The number of ketones is 2. The van der Waals surface area contributed by atoms with E-state index in [1.807, 2.05) is 0 Å². The standard InChI is InChI=1S/2C10H12N2O3/c2*11-7-4-2-1-3-6(7)9(13)5-8(12)10(14)15/h2*1-4,8H,5,11-12H2,(H,14,15)/t8-;/m0./s1. The van der Waals surface area contributed by atoms with Crippen molar-refractivity contribution in [2.24, 2.45) is 11.5 Å². The molecule has 0 bridgehead atoms. The fourth-order valence-electron chi connectivity index (χ4n) is 2.30. The van der Waals surface area contributed by atoms with Crippen LogP contribution >= 0.6 is 0 Å². The second-order valence-corrected chi connectivity index (χ2v) is 6.32. The molecule has 0 heterocycles. The van der Waals surface area contributed by atoms with Crippen molar-refractivity contribution in [1.82, 2.24) is 0 Å². The van der Waals surface area contributed by atoms with Gasteiger partial charge in [0.15, 0.2) is 11.6 Å². The third-order valence-corrected chi connectivity index (χ3v) is 3.97. The fourth-order valence-corrected chi connectivity index (χ4v) is 2.30. The number of hydrogen-bond donors (Lipinski definition) is 6. The fraction of sp³-hybridized carbons (Fsp3) is 0.200. The summed E-state index contributed by atoms with van der Waals surface area (Å²) in [6.07, 6.45) is -0.493. The molecule has 30 heavy (non-hydrogen) atoms. The van der Waals surface area contributed by atoms with E-state index in [1.165, 1.54) is 0 Å².